The summed E-state index contributed by atoms with van der Waals surface area (Å²) in [7, 11) is 0. The van der Waals surface area contributed by atoms with Gasteiger partial charge in [0, 0.05) is 6.54 Å². The van der Waals surface area contributed by atoms with Crippen molar-refractivity contribution in [3.63, 3.8) is 0 Å². The lowest BCUT2D eigenvalue weighted by Gasteiger charge is -2.12. The first-order chi connectivity index (χ1) is 8.32. The molecule has 0 heterocycles. The highest BCUT2D eigenvalue weighted by molar-refractivity contribution is 6.31. The zero-order valence-corrected chi connectivity index (χ0v) is 9.12. The van der Waals surface area contributed by atoms with Gasteiger partial charge in [-0.15, -0.1) is 0 Å². The highest BCUT2D eigenvalue weighted by atomic mass is 19.4. The summed E-state index contributed by atoms with van der Waals surface area (Å²) in [5.41, 5.74) is -0.773. The highest BCUT2D eigenvalue weighted by Gasteiger charge is 2.32. The van der Waals surface area contributed by atoms with E-state index in [9.17, 15) is 22.8 Å². The molecule has 7 heteroatoms. The number of carbonyl (C=O) groups excluding carboxylic acids is 1. The van der Waals surface area contributed by atoms with E-state index >= 15 is 0 Å². The van der Waals surface area contributed by atoms with Crippen LogP contribution in [0.4, 0.5) is 13.2 Å². The first-order valence-corrected chi connectivity index (χ1v) is 4.98. The molecule has 0 bridgehead atoms. The van der Waals surface area contributed by atoms with Crippen molar-refractivity contribution in [2.24, 2.45) is 0 Å². The topological polar surface area (TPSA) is 66.4 Å². The van der Waals surface area contributed by atoms with Gasteiger partial charge in [-0.1, -0.05) is 18.2 Å². The van der Waals surface area contributed by atoms with Gasteiger partial charge in [0.05, 0.1) is 5.56 Å². The lowest BCUT2D eigenvalue weighted by molar-refractivity contribution is -0.150. The Balaban J connectivity index is 2.68. The van der Waals surface area contributed by atoms with Crippen molar-refractivity contribution < 1.29 is 27.9 Å². The quantitative estimate of drug-likeness (QED) is 0.809. The third-order valence-corrected chi connectivity index (χ3v) is 2.20. The van der Waals surface area contributed by atoms with Crippen LogP contribution < -0.4 is 5.32 Å². The molecule has 0 aliphatic rings. The van der Waals surface area contributed by atoms with Crippen LogP contribution in [0.25, 0.3) is 0 Å². The van der Waals surface area contributed by atoms with Gasteiger partial charge in [-0.05, 0) is 18.1 Å². The van der Waals surface area contributed by atoms with Gasteiger partial charge in [0.1, 0.15) is 0 Å². The third-order valence-electron chi connectivity index (χ3n) is 2.20. The predicted octanol–water partition coefficient (Wildman–Crippen LogP) is 1.45. The molecule has 4 nitrogen and oxygen atoms in total. The second-order valence-corrected chi connectivity index (χ2v) is 3.47. The zero-order chi connectivity index (χ0) is 13.8. The molecule has 0 atom stereocenters. The van der Waals surface area contributed by atoms with E-state index in [0.717, 1.165) is 6.07 Å². The Hall–Kier alpha value is -2.05. The molecule has 0 aromatic heterocycles. The summed E-state index contributed by atoms with van der Waals surface area (Å²) < 4.78 is 37.7. The van der Waals surface area contributed by atoms with Crippen LogP contribution >= 0.6 is 0 Å². The number of amides is 1. The Bertz CT molecular complexity index is 457. The number of hydrogen-bond donors (Lipinski definition) is 2. The summed E-state index contributed by atoms with van der Waals surface area (Å²) in [5.74, 6) is -2.90. The molecule has 2 N–H and O–H groups in total. The normalized spacial score (nSPS) is 11.1. The minimum Gasteiger partial charge on any atom is -0.474 e. The minimum absolute atomic E-state index is 0.00990. The molecule has 0 spiro atoms. The number of carboxylic acid groups (broad SMARTS) is 1. The molecule has 0 unspecified atom stereocenters. The summed E-state index contributed by atoms with van der Waals surface area (Å²) in [5, 5.41) is 10.3. The first-order valence-electron chi connectivity index (χ1n) is 4.98. The number of halogens is 3. The molecule has 0 aliphatic carbocycles. The van der Waals surface area contributed by atoms with Gasteiger partial charge in [-0.25, -0.2) is 4.79 Å². The Labute approximate surface area is 100 Å². The van der Waals surface area contributed by atoms with Gasteiger partial charge in [0.15, 0.2) is 0 Å². The van der Waals surface area contributed by atoms with Crippen LogP contribution in [-0.4, -0.2) is 23.5 Å². The van der Waals surface area contributed by atoms with Crippen molar-refractivity contribution in [1.82, 2.24) is 5.32 Å². The average Bonchev–Trinajstić information content (AvgIpc) is 2.28. The fourth-order valence-corrected chi connectivity index (χ4v) is 1.40. The van der Waals surface area contributed by atoms with E-state index in [0.29, 0.717) is 0 Å². The second kappa shape index (κ2) is 5.52. The number of carboxylic acids is 1. The molecule has 1 amide bonds. The van der Waals surface area contributed by atoms with Crippen LogP contribution in [0.3, 0.4) is 0 Å². The number of carbonyl (C=O) groups is 2. The zero-order valence-electron chi connectivity index (χ0n) is 9.12. The van der Waals surface area contributed by atoms with Gasteiger partial charge < -0.3 is 10.4 Å². The SMILES string of the molecule is O=C(O)C(=O)NCCc1ccccc1C(F)(F)F. The smallest absolute Gasteiger partial charge is 0.416 e. The summed E-state index contributed by atoms with van der Waals surface area (Å²) in [6.07, 6.45) is -4.55. The maximum Gasteiger partial charge on any atom is 0.416 e. The number of hydrogen-bond acceptors (Lipinski definition) is 2. The number of aliphatic carboxylic acids is 1. The van der Waals surface area contributed by atoms with Crippen molar-refractivity contribution in [3.8, 4) is 0 Å². The molecule has 0 saturated carbocycles. The van der Waals surface area contributed by atoms with Crippen LogP contribution in [0.15, 0.2) is 24.3 Å². The number of alkyl halides is 3. The number of nitrogens with one attached hydrogen (secondary N) is 1. The molecular weight excluding hydrogens is 251 g/mol. The maximum atomic E-state index is 12.6. The molecule has 18 heavy (non-hydrogen) atoms. The summed E-state index contributed by atoms with van der Waals surface area (Å²) >= 11 is 0. The average molecular weight is 261 g/mol. The summed E-state index contributed by atoms with van der Waals surface area (Å²) in [6.45, 7) is -0.168. The molecule has 1 aromatic rings. The van der Waals surface area contributed by atoms with E-state index in [4.69, 9.17) is 5.11 Å². The van der Waals surface area contributed by atoms with E-state index in [1.807, 2.05) is 5.32 Å². The predicted molar refractivity (Wildman–Crippen MR) is 55.8 cm³/mol. The highest BCUT2D eigenvalue weighted by Crippen LogP contribution is 2.31. The second-order valence-electron chi connectivity index (χ2n) is 3.47. The van der Waals surface area contributed by atoms with E-state index in [1.165, 1.54) is 18.2 Å². The number of rotatable bonds is 3. The lowest BCUT2D eigenvalue weighted by Crippen LogP contribution is -2.32. The Morgan fingerprint density at radius 2 is 1.83 bits per heavy atom. The minimum atomic E-state index is -4.46. The molecule has 0 fully saturated rings. The molecular formula is C11H10F3NO3. The van der Waals surface area contributed by atoms with Crippen LogP contribution in [0.5, 0.6) is 0 Å². The first kappa shape index (κ1) is 14.0. The fourth-order valence-electron chi connectivity index (χ4n) is 1.40. The van der Waals surface area contributed by atoms with E-state index in [-0.39, 0.29) is 18.5 Å². The van der Waals surface area contributed by atoms with Crippen LogP contribution in [0.2, 0.25) is 0 Å². The molecule has 1 rings (SSSR count). The van der Waals surface area contributed by atoms with Crippen molar-refractivity contribution in [3.05, 3.63) is 35.4 Å². The molecule has 1 aromatic carbocycles. The maximum absolute atomic E-state index is 12.6. The van der Waals surface area contributed by atoms with E-state index in [1.54, 1.807) is 0 Å². The fraction of sp³-hybridized carbons (Fsp3) is 0.273. The summed E-state index contributed by atoms with van der Waals surface area (Å²) in [6, 6.07) is 4.94. The van der Waals surface area contributed by atoms with Crippen LogP contribution in [-0.2, 0) is 22.2 Å². The molecule has 0 radical (unpaired) electrons. The van der Waals surface area contributed by atoms with Gasteiger partial charge in [0.25, 0.3) is 0 Å². The van der Waals surface area contributed by atoms with Gasteiger partial charge >= 0.3 is 18.1 Å². The molecule has 0 saturated heterocycles. The monoisotopic (exact) mass is 261 g/mol. The molecule has 98 valence electrons. The largest absolute Gasteiger partial charge is 0.474 e. The lowest BCUT2D eigenvalue weighted by atomic mass is 10.0. The van der Waals surface area contributed by atoms with Gasteiger partial charge in [0.2, 0.25) is 0 Å². The van der Waals surface area contributed by atoms with E-state index in [2.05, 4.69) is 0 Å². The van der Waals surface area contributed by atoms with Gasteiger partial charge in [-0.3, -0.25) is 4.79 Å². The van der Waals surface area contributed by atoms with Crippen LogP contribution in [0, 0.1) is 0 Å². The third kappa shape index (κ3) is 3.76. The van der Waals surface area contributed by atoms with Crippen molar-refractivity contribution in [2.45, 2.75) is 12.6 Å². The van der Waals surface area contributed by atoms with Crippen molar-refractivity contribution in [1.29, 1.82) is 0 Å². The van der Waals surface area contributed by atoms with Gasteiger partial charge in [-0.2, -0.15) is 13.2 Å². The van der Waals surface area contributed by atoms with Crippen molar-refractivity contribution >= 4 is 11.9 Å². The summed E-state index contributed by atoms with van der Waals surface area (Å²) in [4.78, 5) is 20.9. The Morgan fingerprint density at radius 3 is 2.39 bits per heavy atom. The Kier molecular flexibility index (Phi) is 4.30. The van der Waals surface area contributed by atoms with E-state index < -0.39 is 23.6 Å². The molecule has 0 aliphatic heterocycles. The van der Waals surface area contributed by atoms with Crippen LogP contribution in [0.1, 0.15) is 11.1 Å². The van der Waals surface area contributed by atoms with Crippen molar-refractivity contribution in [2.75, 3.05) is 6.54 Å². The standard InChI is InChI=1S/C11H10F3NO3/c12-11(13,14)8-4-2-1-3-7(8)5-6-15-9(16)10(17)18/h1-4H,5-6H2,(H,15,16)(H,17,18). The Morgan fingerprint density at radius 1 is 1.22 bits per heavy atom. The number of benzene rings is 1.